The van der Waals surface area contributed by atoms with Crippen LogP contribution in [-0.4, -0.2) is 35.5 Å². The van der Waals surface area contributed by atoms with Crippen LogP contribution in [0.25, 0.3) is 0 Å². The first kappa shape index (κ1) is 18.7. The quantitative estimate of drug-likeness (QED) is 0.782. The lowest BCUT2D eigenvalue weighted by Gasteiger charge is -2.24. The highest BCUT2D eigenvalue weighted by atomic mass is 19.1. The summed E-state index contributed by atoms with van der Waals surface area (Å²) < 4.78 is 13.0. The maximum Gasteiger partial charge on any atom is 0.315 e. The number of carbonyl (C=O) groups is 2. The Balaban J connectivity index is 1.41. The molecule has 2 aliphatic carbocycles. The molecule has 0 radical (unpaired) electrons. The minimum absolute atomic E-state index is 0.0368. The van der Waals surface area contributed by atoms with Gasteiger partial charge in [0.1, 0.15) is 5.82 Å². The van der Waals surface area contributed by atoms with E-state index in [1.807, 2.05) is 4.90 Å². The summed E-state index contributed by atoms with van der Waals surface area (Å²) in [5.74, 6) is -0.235. The maximum absolute atomic E-state index is 13.0. The molecule has 0 unspecified atom stereocenters. The van der Waals surface area contributed by atoms with Gasteiger partial charge in [0.2, 0.25) is 5.91 Å². The summed E-state index contributed by atoms with van der Waals surface area (Å²) in [6.45, 7) is 0.835. The number of benzene rings is 1. The monoisotopic (exact) mass is 361 g/mol. The van der Waals surface area contributed by atoms with Crippen LogP contribution in [0.1, 0.15) is 56.9 Å². The average Bonchev–Trinajstić information content (AvgIpc) is 3.47. The Morgan fingerprint density at radius 2 is 1.73 bits per heavy atom. The van der Waals surface area contributed by atoms with E-state index in [1.165, 1.54) is 31.4 Å². The molecule has 6 heteroatoms. The largest absolute Gasteiger partial charge is 0.338 e. The van der Waals surface area contributed by atoms with Crippen LogP contribution in [0.15, 0.2) is 24.3 Å². The topological polar surface area (TPSA) is 61.4 Å². The van der Waals surface area contributed by atoms with Crippen LogP contribution in [0.3, 0.4) is 0 Å². The van der Waals surface area contributed by atoms with E-state index < -0.39 is 0 Å². The van der Waals surface area contributed by atoms with Crippen LogP contribution in [0.4, 0.5) is 9.18 Å². The summed E-state index contributed by atoms with van der Waals surface area (Å²) in [5.41, 5.74) is 0.926. The number of hydrogen-bond donors (Lipinski definition) is 2. The highest BCUT2D eigenvalue weighted by Gasteiger charge is 2.32. The molecule has 0 aromatic heterocycles. The number of carbonyl (C=O) groups excluding carboxylic acids is 2. The van der Waals surface area contributed by atoms with Crippen molar-refractivity contribution in [3.8, 4) is 0 Å². The zero-order chi connectivity index (χ0) is 18.4. The molecule has 26 heavy (non-hydrogen) atoms. The Bertz CT molecular complexity index is 610. The van der Waals surface area contributed by atoms with Crippen LogP contribution in [0.5, 0.6) is 0 Å². The van der Waals surface area contributed by atoms with E-state index in [2.05, 4.69) is 10.6 Å². The van der Waals surface area contributed by atoms with Gasteiger partial charge in [-0.3, -0.25) is 4.79 Å². The van der Waals surface area contributed by atoms with E-state index in [4.69, 9.17) is 0 Å². The fourth-order valence-electron chi connectivity index (χ4n) is 3.50. The zero-order valence-electron chi connectivity index (χ0n) is 15.2. The van der Waals surface area contributed by atoms with Crippen molar-refractivity contribution in [2.24, 2.45) is 0 Å². The van der Waals surface area contributed by atoms with Crippen molar-refractivity contribution in [3.63, 3.8) is 0 Å². The fourth-order valence-corrected chi connectivity index (χ4v) is 3.50. The van der Waals surface area contributed by atoms with Crippen molar-refractivity contribution < 1.29 is 14.0 Å². The van der Waals surface area contributed by atoms with Gasteiger partial charge in [-0.05, 0) is 43.4 Å². The van der Waals surface area contributed by atoms with E-state index in [1.54, 1.807) is 12.1 Å². The van der Waals surface area contributed by atoms with Crippen molar-refractivity contribution in [3.05, 3.63) is 35.6 Å². The summed E-state index contributed by atoms with van der Waals surface area (Å²) in [7, 11) is 0. The molecule has 0 spiro atoms. The lowest BCUT2D eigenvalue weighted by molar-refractivity contribution is -0.132. The van der Waals surface area contributed by atoms with E-state index in [9.17, 15) is 14.0 Å². The molecule has 0 aliphatic heterocycles. The molecule has 2 N–H and O–H groups in total. The first-order valence-corrected chi connectivity index (χ1v) is 9.70. The van der Waals surface area contributed by atoms with E-state index >= 15 is 0 Å². The first-order chi connectivity index (χ1) is 12.6. The molecule has 1 aromatic carbocycles. The van der Waals surface area contributed by atoms with Gasteiger partial charge in [0.15, 0.2) is 0 Å². The van der Waals surface area contributed by atoms with Crippen LogP contribution in [0.2, 0.25) is 0 Å². The maximum atomic E-state index is 13.0. The molecule has 2 aliphatic rings. The van der Waals surface area contributed by atoms with Gasteiger partial charge in [0.05, 0.1) is 0 Å². The Hall–Kier alpha value is -2.11. The molecule has 0 saturated heterocycles. The summed E-state index contributed by atoms with van der Waals surface area (Å²) in [5, 5.41) is 5.79. The summed E-state index contributed by atoms with van der Waals surface area (Å²) in [6, 6.07) is 6.64. The van der Waals surface area contributed by atoms with Crippen molar-refractivity contribution in [2.45, 2.75) is 70.0 Å². The summed E-state index contributed by atoms with van der Waals surface area (Å²) in [4.78, 5) is 26.4. The molecule has 1 aromatic rings. The van der Waals surface area contributed by atoms with E-state index in [0.717, 1.165) is 31.2 Å². The normalized spacial score (nSPS) is 17.6. The van der Waals surface area contributed by atoms with Gasteiger partial charge in [-0.15, -0.1) is 0 Å². The molecule has 0 bridgehead atoms. The van der Waals surface area contributed by atoms with Crippen molar-refractivity contribution in [1.82, 2.24) is 15.5 Å². The predicted octanol–water partition coefficient (Wildman–Crippen LogP) is 3.34. The van der Waals surface area contributed by atoms with Crippen LogP contribution >= 0.6 is 0 Å². The Labute approximate surface area is 154 Å². The van der Waals surface area contributed by atoms with Gasteiger partial charge in [-0.25, -0.2) is 9.18 Å². The van der Waals surface area contributed by atoms with E-state index in [-0.39, 0.29) is 36.3 Å². The fraction of sp³-hybridized carbons (Fsp3) is 0.600. The number of nitrogens with zero attached hydrogens (tertiary/aromatic N) is 1. The highest BCUT2D eigenvalue weighted by Crippen LogP contribution is 2.29. The second kappa shape index (κ2) is 9.01. The van der Waals surface area contributed by atoms with Crippen LogP contribution in [-0.2, 0) is 11.3 Å². The molecule has 0 heterocycles. The van der Waals surface area contributed by atoms with Gasteiger partial charge in [0.25, 0.3) is 0 Å². The van der Waals surface area contributed by atoms with Gasteiger partial charge >= 0.3 is 6.03 Å². The molecule has 5 nitrogen and oxygen atoms in total. The number of amides is 3. The molecular formula is C20H28FN3O2. The third-order valence-electron chi connectivity index (χ3n) is 5.14. The Kier molecular flexibility index (Phi) is 6.47. The number of urea groups is 1. The molecule has 0 atom stereocenters. The van der Waals surface area contributed by atoms with Gasteiger partial charge < -0.3 is 15.5 Å². The van der Waals surface area contributed by atoms with Gasteiger partial charge in [-0.2, -0.15) is 0 Å². The Morgan fingerprint density at radius 3 is 2.38 bits per heavy atom. The van der Waals surface area contributed by atoms with Crippen molar-refractivity contribution in [1.29, 1.82) is 0 Å². The van der Waals surface area contributed by atoms with E-state index in [0.29, 0.717) is 13.1 Å². The smallest absolute Gasteiger partial charge is 0.315 e. The number of hydrogen-bond acceptors (Lipinski definition) is 2. The molecule has 2 saturated carbocycles. The molecule has 2 fully saturated rings. The van der Waals surface area contributed by atoms with Crippen molar-refractivity contribution >= 4 is 11.9 Å². The van der Waals surface area contributed by atoms with Gasteiger partial charge in [0, 0.05) is 31.6 Å². The molecule has 3 amide bonds. The molecule has 3 rings (SSSR count). The van der Waals surface area contributed by atoms with Crippen LogP contribution < -0.4 is 10.6 Å². The number of rotatable bonds is 7. The second-order valence-electron chi connectivity index (χ2n) is 7.36. The standard InChI is InChI=1S/C20H28FN3O2/c21-16-8-6-15(7-9-16)14-24(18-10-11-18)19(25)12-13-22-20(26)23-17-4-2-1-3-5-17/h6-9,17-18H,1-5,10-14H2,(H2,22,23,26). The van der Waals surface area contributed by atoms with Crippen molar-refractivity contribution in [2.75, 3.05) is 6.54 Å². The predicted molar refractivity (Wildman–Crippen MR) is 98.0 cm³/mol. The third-order valence-corrected chi connectivity index (χ3v) is 5.14. The lowest BCUT2D eigenvalue weighted by atomic mass is 9.96. The summed E-state index contributed by atoms with van der Waals surface area (Å²) >= 11 is 0. The van der Waals surface area contributed by atoms with Gasteiger partial charge in [-0.1, -0.05) is 31.4 Å². The molecule has 142 valence electrons. The second-order valence-corrected chi connectivity index (χ2v) is 7.36. The number of halogens is 1. The zero-order valence-corrected chi connectivity index (χ0v) is 15.2. The first-order valence-electron chi connectivity index (χ1n) is 9.70. The van der Waals surface area contributed by atoms with Crippen LogP contribution in [0, 0.1) is 5.82 Å². The lowest BCUT2D eigenvalue weighted by Crippen LogP contribution is -2.44. The SMILES string of the molecule is O=C(NCCC(=O)N(Cc1ccc(F)cc1)C1CC1)NC1CCCCC1. The minimum atomic E-state index is -0.272. The third kappa shape index (κ3) is 5.71. The molecular weight excluding hydrogens is 333 g/mol. The highest BCUT2D eigenvalue weighted by molar-refractivity contribution is 5.79. The Morgan fingerprint density at radius 1 is 1.04 bits per heavy atom. The number of nitrogens with one attached hydrogen (secondary N) is 2. The average molecular weight is 361 g/mol. The minimum Gasteiger partial charge on any atom is -0.338 e. The summed E-state index contributed by atoms with van der Waals surface area (Å²) in [6.07, 6.45) is 7.99.